The summed E-state index contributed by atoms with van der Waals surface area (Å²) in [7, 11) is 7.43. The van der Waals surface area contributed by atoms with Crippen LogP contribution in [-0.2, 0) is 64.0 Å². The number of carbonyl (C=O) groups excluding carboxylic acids is 8. The van der Waals surface area contributed by atoms with Crippen molar-refractivity contribution in [3.63, 3.8) is 0 Å². The number of alkyl carbamates (subject to hydrolysis) is 1. The summed E-state index contributed by atoms with van der Waals surface area (Å²) in [5.41, 5.74) is 18.0. The molecular weight excluding hydrogens is 1550 g/mol. The van der Waals surface area contributed by atoms with Crippen LogP contribution in [0.2, 0.25) is 23.2 Å². The number of fused-ring (bicyclic) bond motifs is 4. The second kappa shape index (κ2) is 37.5. The third-order valence-corrected chi connectivity index (χ3v) is 26.7. The van der Waals surface area contributed by atoms with E-state index in [1.807, 2.05) is 109 Å². The van der Waals surface area contributed by atoms with Crippen molar-refractivity contribution in [2.24, 2.45) is 25.7 Å². The summed E-state index contributed by atoms with van der Waals surface area (Å²) in [6, 6.07) is 45.6. The van der Waals surface area contributed by atoms with Crippen molar-refractivity contribution >= 4 is 84.8 Å². The molecule has 10 rings (SSSR count). The number of urea groups is 1. The average molecular weight is 1660 g/mol. The molecule has 8 amide bonds. The maximum Gasteiger partial charge on any atom is 0.430 e. The number of carboxylic acid groups (broad SMARTS) is 1. The molecule has 8 aromatic rings. The molecule has 6 aromatic carbocycles. The fourth-order valence-corrected chi connectivity index (χ4v) is 15.7. The number of aromatic nitrogens is 2. The van der Waals surface area contributed by atoms with Gasteiger partial charge in [-0.25, -0.2) is 14.4 Å². The lowest BCUT2D eigenvalue weighted by molar-refractivity contribution is -0.903. The maximum atomic E-state index is 15.8. The number of nitrogens with zero attached hydrogens (tertiary/aromatic N) is 7. The van der Waals surface area contributed by atoms with Gasteiger partial charge in [-0.1, -0.05) is 125 Å². The van der Waals surface area contributed by atoms with Gasteiger partial charge in [0, 0.05) is 103 Å². The smallest absolute Gasteiger partial charge is 0.430 e. The number of hydrogen-bond acceptors (Lipinski definition) is 13. The predicted octanol–water partition coefficient (Wildman–Crippen LogP) is 15.3. The Morgan fingerprint density at radius 3 is 1.96 bits per heavy atom. The number of hydrogen-bond donors (Lipinski definition) is 5. The summed E-state index contributed by atoms with van der Waals surface area (Å²) in [5, 5.41) is 30.5. The number of nitrogens with one attached hydrogen (secondary N) is 4. The summed E-state index contributed by atoms with van der Waals surface area (Å²) in [6.45, 7) is 25.2. The molecule has 2 aliphatic rings. The highest BCUT2D eigenvalue weighted by Gasteiger charge is 2.41. The Morgan fingerprint density at radius 2 is 1.37 bits per heavy atom. The molecule has 1 aliphatic heterocycles. The largest absolute Gasteiger partial charge is 0.544 e. The number of alkyl halides is 3. The number of rotatable bonds is 27. The number of carbonyl (C=O) groups is 8. The Morgan fingerprint density at radius 1 is 0.754 bits per heavy atom. The van der Waals surface area contributed by atoms with Gasteiger partial charge in [0.2, 0.25) is 20.1 Å². The van der Waals surface area contributed by atoms with Crippen LogP contribution in [0.4, 0.5) is 44.6 Å². The highest BCUT2D eigenvalue weighted by Crippen LogP contribution is 2.46. The van der Waals surface area contributed by atoms with Crippen LogP contribution in [0.1, 0.15) is 158 Å². The fourth-order valence-electron chi connectivity index (χ4n) is 14.5. The van der Waals surface area contributed by atoms with Crippen LogP contribution in [-0.4, -0.2) is 150 Å². The van der Waals surface area contributed by atoms with Crippen molar-refractivity contribution in [1.29, 1.82) is 5.26 Å². The normalized spacial score (nSPS) is 13.9. The van der Waals surface area contributed by atoms with Gasteiger partial charge >= 0.3 is 24.4 Å². The number of nitriles is 1. The minimum Gasteiger partial charge on any atom is -0.544 e. The zero-order chi connectivity index (χ0) is 86.8. The number of primary amides is 1. The molecule has 0 unspecified atom stereocenters. The van der Waals surface area contributed by atoms with Gasteiger partial charge in [0.1, 0.15) is 54.3 Å². The zero-order valence-corrected chi connectivity index (χ0v) is 71.9. The minimum atomic E-state index is -5.19. The number of amides is 8. The van der Waals surface area contributed by atoms with Crippen molar-refractivity contribution in [3.8, 4) is 34.2 Å². The lowest BCUT2D eigenvalue weighted by Crippen LogP contribution is -2.55. The summed E-state index contributed by atoms with van der Waals surface area (Å²) < 4.78 is 54.0. The van der Waals surface area contributed by atoms with E-state index in [1.165, 1.54) is 4.90 Å². The second-order valence-electron chi connectivity index (χ2n) is 33.7. The molecule has 6 N–H and O–H groups in total. The molecule has 1 aliphatic carbocycles. The minimum absolute atomic E-state index is 0.0439. The van der Waals surface area contributed by atoms with Crippen LogP contribution in [0.5, 0.6) is 5.75 Å². The van der Waals surface area contributed by atoms with Gasteiger partial charge in [0.05, 0.1) is 31.9 Å². The summed E-state index contributed by atoms with van der Waals surface area (Å²) in [6.07, 6.45) is -4.22. The van der Waals surface area contributed by atoms with E-state index in [2.05, 4.69) is 112 Å². The van der Waals surface area contributed by atoms with Crippen molar-refractivity contribution < 1.29 is 75.0 Å². The molecule has 29 heteroatoms. The van der Waals surface area contributed by atoms with Crippen LogP contribution in [0.3, 0.4) is 0 Å². The zero-order valence-electron chi connectivity index (χ0n) is 70.1. The predicted molar refractivity (Wildman–Crippen MR) is 449 cm³/mol. The van der Waals surface area contributed by atoms with Crippen LogP contribution < -0.4 is 41.4 Å². The Bertz CT molecular complexity index is 5050. The lowest BCUT2D eigenvalue weighted by atomic mass is 9.90. The summed E-state index contributed by atoms with van der Waals surface area (Å²) >= 11 is 6.93. The fraction of sp³-hybridized carbons (Fsp3) is 0.404. The lowest BCUT2D eigenvalue weighted by Gasteiger charge is -2.38. The Kier molecular flexibility index (Phi) is 28.7. The Labute approximate surface area is 694 Å². The molecule has 0 spiro atoms. The molecule has 628 valence electrons. The van der Waals surface area contributed by atoms with Gasteiger partial charge in [-0.15, -0.1) is 0 Å². The van der Waals surface area contributed by atoms with Crippen LogP contribution >= 0.6 is 11.6 Å². The quantitative estimate of drug-likeness (QED) is 0.0182. The van der Waals surface area contributed by atoms with Gasteiger partial charge in [0.15, 0.2) is 0 Å². The van der Waals surface area contributed by atoms with Crippen molar-refractivity contribution in [2.45, 2.75) is 175 Å². The molecule has 118 heavy (non-hydrogen) atoms. The number of halogens is 4. The molecule has 0 saturated carbocycles. The first kappa shape index (κ1) is 90.5. The van der Waals surface area contributed by atoms with E-state index in [0.29, 0.717) is 111 Å². The van der Waals surface area contributed by atoms with Crippen LogP contribution in [0, 0.1) is 31.1 Å². The molecule has 0 bridgehead atoms. The summed E-state index contributed by atoms with van der Waals surface area (Å²) in [5.74, 6) is -4.58. The van der Waals surface area contributed by atoms with E-state index in [0.717, 1.165) is 44.5 Å². The first-order valence-corrected chi connectivity index (χ1v) is 42.5. The topological polar surface area (TPSA) is 305 Å². The molecule has 3 atom stereocenters. The van der Waals surface area contributed by atoms with Gasteiger partial charge in [-0.3, -0.25) is 24.1 Å². The third kappa shape index (κ3) is 22.2. The van der Waals surface area contributed by atoms with E-state index in [9.17, 15) is 42.4 Å². The van der Waals surface area contributed by atoms with Crippen LogP contribution in [0.15, 0.2) is 146 Å². The average Bonchev–Trinajstić information content (AvgIpc) is 1.55. The molecule has 0 saturated heterocycles. The van der Waals surface area contributed by atoms with Gasteiger partial charge in [0.25, 0.3) is 11.8 Å². The van der Waals surface area contributed by atoms with E-state index < -0.39 is 74.1 Å². The number of benzene rings is 6. The van der Waals surface area contributed by atoms with E-state index in [4.69, 9.17) is 41.1 Å². The van der Waals surface area contributed by atoms with Crippen LogP contribution in [0.25, 0.3) is 22.4 Å². The highest BCUT2D eigenvalue weighted by atomic mass is 35.5. The standard InChI is InChI=1S/C87H107ClN12O10Si.C2HF3O2/c1-54(2)78(94-84(106)109-86(5,6)7)80(102)93-75(33-24-42-91-83(90)105)79(101)92-62-36-34-59(60(44-62)50-95(11)85(107)108-53-74-69-31-22-20-29-67(69)68-30-21-23-32-70(68)74)52-100(14,15)43-25-28-64-45-57-26-18-19-27-58(57)51-98(64)81(103)71-41-35-61(88)46-73(71)77-48-72(55(3)97(77)13)82(104)99(76-47-65(49-89)96(12)56(76)4)63-37-39-66(40-38-63)110-111(16,17)87(8,9)10;3-2(4,5)1(6)7/h18-23,26-27,29-32,34-41,44,46-48,54,64,74-75,78H,24-25,28,33,42-43,45,50-53H2,1-17H3,(H5-,90,91,92,93,94,101,102,105,106);(H,6,7)/t64-,75-,78-;/m1./s1. The third-order valence-electron chi connectivity index (χ3n) is 22.1. The van der Waals surface area contributed by atoms with E-state index in [1.54, 1.807) is 88.5 Å². The number of ether oxygens (including phenoxy) is 2. The molecule has 0 fully saturated rings. The van der Waals surface area contributed by atoms with Gasteiger partial charge in [-0.2, -0.15) is 18.4 Å². The van der Waals surface area contributed by atoms with Gasteiger partial charge in [-0.05, 0) is 196 Å². The first-order chi connectivity index (χ1) is 55.3. The van der Waals surface area contributed by atoms with Crippen molar-refractivity contribution in [1.82, 2.24) is 34.9 Å². The maximum absolute atomic E-state index is 15.8. The Balaban J connectivity index is 0.00000217. The highest BCUT2D eigenvalue weighted by molar-refractivity contribution is 6.74. The molecule has 2 aromatic heterocycles. The SMILES string of the molecule is Cc1c(N(C(=O)c2cc(-c3cc(Cl)ccc3C(=O)N3Cc4ccccc4C[C@H]3CCC[N+](C)(C)Cc3ccc(NC(=O)[C@@H](CCCNC(N)=O)NC(=O)[C@H](NC(=O)OC(C)(C)C)C(C)C)cc3CN(C)C(=O)OCC3c4ccccc4-c4ccccc43)n(C)c2C)c2ccc(O[Si](C)(C)C(C)(C)C)cc2)cc(C#N)n1C.O=C([O-])C(F)(F)F. The molecule has 0 radical (unpaired) electrons. The van der Waals surface area contributed by atoms with Crippen molar-refractivity contribution in [3.05, 3.63) is 212 Å². The monoisotopic (exact) mass is 1660 g/mol. The summed E-state index contributed by atoms with van der Waals surface area (Å²) in [4.78, 5) is 113. The van der Waals surface area contributed by atoms with E-state index in [-0.39, 0.29) is 61.4 Å². The van der Waals surface area contributed by atoms with E-state index >= 15 is 9.59 Å². The molecule has 24 nitrogen and oxygen atoms in total. The molecule has 3 heterocycles. The number of anilines is 3. The molecular formula is C89H108ClF3N12O12Si. The number of quaternary nitrogens is 1. The number of nitrogens with two attached hydrogens (primary N) is 1. The van der Waals surface area contributed by atoms with Crippen molar-refractivity contribution in [2.75, 3.05) is 51.1 Å². The number of aliphatic carboxylic acids is 1. The second-order valence-corrected chi connectivity index (χ2v) is 38.9. The Hall–Kier alpha value is -11.4. The van der Waals surface area contributed by atoms with Gasteiger partial charge < -0.3 is 74.2 Å². The first-order valence-electron chi connectivity index (χ1n) is 39.2. The number of carboxylic acids is 1.